The van der Waals surface area contributed by atoms with Crippen LogP contribution in [-0.2, 0) is 0 Å². The SMILES string of the molecule is CC1CCNCC1NC(=O)c1ccc(-n2cnc3ccccc32)cc1. The molecule has 3 aromatic rings. The van der Waals surface area contributed by atoms with Crippen LogP contribution >= 0.6 is 0 Å². The number of amides is 1. The lowest BCUT2D eigenvalue weighted by Gasteiger charge is -2.30. The number of nitrogens with zero attached hydrogens (tertiary/aromatic N) is 2. The van der Waals surface area contributed by atoms with E-state index in [1.807, 2.05) is 59.4 Å². The number of rotatable bonds is 3. The van der Waals surface area contributed by atoms with E-state index in [0.29, 0.717) is 11.5 Å². The van der Waals surface area contributed by atoms with Crippen LogP contribution in [0.5, 0.6) is 0 Å². The minimum absolute atomic E-state index is 0.0115. The fourth-order valence-corrected chi connectivity index (χ4v) is 3.37. The molecule has 2 atom stereocenters. The second-order valence-electron chi connectivity index (χ2n) is 6.70. The number of benzene rings is 2. The highest BCUT2D eigenvalue weighted by molar-refractivity contribution is 5.94. The van der Waals surface area contributed by atoms with E-state index in [2.05, 4.69) is 22.5 Å². The van der Waals surface area contributed by atoms with Gasteiger partial charge in [-0.15, -0.1) is 0 Å². The van der Waals surface area contributed by atoms with Crippen LogP contribution < -0.4 is 10.6 Å². The third-order valence-corrected chi connectivity index (χ3v) is 5.01. The third-order valence-electron chi connectivity index (χ3n) is 5.01. The van der Waals surface area contributed by atoms with E-state index in [1.165, 1.54) is 0 Å². The summed E-state index contributed by atoms with van der Waals surface area (Å²) in [6, 6.07) is 15.9. The van der Waals surface area contributed by atoms with Crippen LogP contribution in [-0.4, -0.2) is 34.6 Å². The van der Waals surface area contributed by atoms with Crippen LogP contribution in [0, 0.1) is 5.92 Å². The summed E-state index contributed by atoms with van der Waals surface area (Å²) in [4.78, 5) is 16.9. The van der Waals surface area contributed by atoms with Crippen molar-refractivity contribution < 1.29 is 4.79 Å². The van der Waals surface area contributed by atoms with Gasteiger partial charge in [-0.1, -0.05) is 19.1 Å². The van der Waals surface area contributed by atoms with Crippen molar-refractivity contribution in [1.82, 2.24) is 20.2 Å². The molecule has 0 aliphatic carbocycles. The Kier molecular flexibility index (Phi) is 4.24. The summed E-state index contributed by atoms with van der Waals surface area (Å²) < 4.78 is 2.03. The largest absolute Gasteiger partial charge is 0.348 e. The second kappa shape index (κ2) is 6.69. The van der Waals surface area contributed by atoms with E-state index in [0.717, 1.165) is 36.2 Å². The Labute approximate surface area is 147 Å². The molecular formula is C20H22N4O. The van der Waals surface area contributed by atoms with E-state index in [4.69, 9.17) is 0 Å². The van der Waals surface area contributed by atoms with Crippen LogP contribution in [0.3, 0.4) is 0 Å². The smallest absolute Gasteiger partial charge is 0.251 e. The molecule has 1 aliphatic rings. The van der Waals surface area contributed by atoms with Gasteiger partial charge in [0.05, 0.1) is 11.0 Å². The van der Waals surface area contributed by atoms with Gasteiger partial charge in [0.15, 0.2) is 0 Å². The minimum Gasteiger partial charge on any atom is -0.348 e. The highest BCUT2D eigenvalue weighted by atomic mass is 16.1. The number of aromatic nitrogens is 2. The van der Waals surface area contributed by atoms with Crippen molar-refractivity contribution in [1.29, 1.82) is 0 Å². The molecule has 1 amide bonds. The highest BCUT2D eigenvalue weighted by Crippen LogP contribution is 2.18. The van der Waals surface area contributed by atoms with E-state index in [1.54, 1.807) is 0 Å². The molecule has 5 nitrogen and oxygen atoms in total. The number of para-hydroxylation sites is 2. The normalized spacial score (nSPS) is 20.5. The molecule has 2 unspecified atom stereocenters. The second-order valence-corrected chi connectivity index (χ2v) is 6.70. The number of nitrogens with one attached hydrogen (secondary N) is 2. The van der Waals surface area contributed by atoms with Crippen molar-refractivity contribution in [2.45, 2.75) is 19.4 Å². The molecule has 2 aromatic carbocycles. The monoisotopic (exact) mass is 334 g/mol. The first-order chi connectivity index (χ1) is 12.2. The quantitative estimate of drug-likeness (QED) is 0.774. The number of imidazole rings is 1. The standard InChI is InChI=1S/C20H22N4O/c1-14-10-11-21-12-18(14)23-20(25)15-6-8-16(9-7-15)24-13-22-17-4-2-3-5-19(17)24/h2-9,13-14,18,21H,10-12H2,1H3,(H,23,25). The van der Waals surface area contributed by atoms with Crippen molar-refractivity contribution in [2.75, 3.05) is 13.1 Å². The number of carbonyl (C=O) groups excluding carboxylic acids is 1. The van der Waals surface area contributed by atoms with Crippen molar-refractivity contribution in [2.24, 2.45) is 5.92 Å². The maximum Gasteiger partial charge on any atom is 0.251 e. The van der Waals surface area contributed by atoms with E-state index in [-0.39, 0.29) is 11.9 Å². The van der Waals surface area contributed by atoms with Gasteiger partial charge in [0.25, 0.3) is 5.91 Å². The number of hydrogen-bond acceptors (Lipinski definition) is 3. The van der Waals surface area contributed by atoms with Crippen molar-refractivity contribution >= 4 is 16.9 Å². The molecule has 5 heteroatoms. The van der Waals surface area contributed by atoms with Crippen LogP contribution in [0.25, 0.3) is 16.7 Å². The number of hydrogen-bond donors (Lipinski definition) is 2. The fourth-order valence-electron chi connectivity index (χ4n) is 3.37. The molecule has 1 saturated heterocycles. The zero-order chi connectivity index (χ0) is 17.2. The molecule has 1 fully saturated rings. The fraction of sp³-hybridized carbons (Fsp3) is 0.300. The summed E-state index contributed by atoms with van der Waals surface area (Å²) >= 11 is 0. The van der Waals surface area contributed by atoms with Crippen LogP contribution in [0.4, 0.5) is 0 Å². The van der Waals surface area contributed by atoms with E-state index in [9.17, 15) is 4.79 Å². The maximum absolute atomic E-state index is 12.5. The van der Waals surface area contributed by atoms with Gasteiger partial charge in [-0.3, -0.25) is 9.36 Å². The van der Waals surface area contributed by atoms with Gasteiger partial charge in [0.2, 0.25) is 0 Å². The first-order valence-corrected chi connectivity index (χ1v) is 8.76. The van der Waals surface area contributed by atoms with Crippen LogP contribution in [0.2, 0.25) is 0 Å². The molecule has 128 valence electrons. The first-order valence-electron chi connectivity index (χ1n) is 8.76. The Morgan fingerprint density at radius 1 is 1.20 bits per heavy atom. The van der Waals surface area contributed by atoms with Gasteiger partial charge in [-0.05, 0) is 55.3 Å². The lowest BCUT2D eigenvalue weighted by atomic mass is 9.94. The van der Waals surface area contributed by atoms with Gasteiger partial charge >= 0.3 is 0 Å². The maximum atomic E-state index is 12.5. The lowest BCUT2D eigenvalue weighted by molar-refractivity contribution is 0.0915. The van der Waals surface area contributed by atoms with Gasteiger partial charge in [-0.25, -0.2) is 4.98 Å². The Balaban J connectivity index is 1.52. The molecule has 2 N–H and O–H groups in total. The van der Waals surface area contributed by atoms with Gasteiger partial charge in [0.1, 0.15) is 6.33 Å². The molecular weight excluding hydrogens is 312 g/mol. The molecule has 0 bridgehead atoms. The average molecular weight is 334 g/mol. The Bertz CT molecular complexity index is 884. The zero-order valence-electron chi connectivity index (χ0n) is 14.3. The molecule has 2 heterocycles. The highest BCUT2D eigenvalue weighted by Gasteiger charge is 2.23. The molecule has 1 aliphatic heterocycles. The first kappa shape index (κ1) is 15.8. The van der Waals surface area contributed by atoms with E-state index < -0.39 is 0 Å². The van der Waals surface area contributed by atoms with Crippen LogP contribution in [0.1, 0.15) is 23.7 Å². The predicted octanol–water partition coefficient (Wildman–Crippen LogP) is 2.75. The van der Waals surface area contributed by atoms with Gasteiger partial charge in [0, 0.05) is 23.8 Å². The van der Waals surface area contributed by atoms with Crippen molar-refractivity contribution in [3.05, 3.63) is 60.4 Å². The number of fused-ring (bicyclic) bond motifs is 1. The molecule has 1 aromatic heterocycles. The summed E-state index contributed by atoms with van der Waals surface area (Å²) in [5, 5.41) is 6.49. The molecule has 0 saturated carbocycles. The minimum atomic E-state index is -0.0115. The Morgan fingerprint density at radius 2 is 2.00 bits per heavy atom. The Hall–Kier alpha value is -2.66. The van der Waals surface area contributed by atoms with Gasteiger partial charge in [-0.2, -0.15) is 0 Å². The van der Waals surface area contributed by atoms with Gasteiger partial charge < -0.3 is 10.6 Å². The molecule has 0 spiro atoms. The topological polar surface area (TPSA) is 58.9 Å². The summed E-state index contributed by atoms with van der Waals surface area (Å²) in [6.45, 7) is 4.06. The summed E-state index contributed by atoms with van der Waals surface area (Å²) in [6.07, 6.45) is 2.91. The average Bonchev–Trinajstić information content (AvgIpc) is 3.08. The van der Waals surface area contributed by atoms with E-state index >= 15 is 0 Å². The third kappa shape index (κ3) is 3.15. The lowest BCUT2D eigenvalue weighted by Crippen LogP contribution is -2.50. The Morgan fingerprint density at radius 3 is 2.80 bits per heavy atom. The predicted molar refractivity (Wildman–Crippen MR) is 99.0 cm³/mol. The molecule has 0 radical (unpaired) electrons. The summed E-state index contributed by atoms with van der Waals surface area (Å²) in [7, 11) is 0. The summed E-state index contributed by atoms with van der Waals surface area (Å²) in [5.41, 5.74) is 3.70. The van der Waals surface area contributed by atoms with Crippen LogP contribution in [0.15, 0.2) is 54.9 Å². The summed E-state index contributed by atoms with van der Waals surface area (Å²) in [5.74, 6) is 0.490. The number of piperidine rings is 1. The van der Waals surface area contributed by atoms with Crippen molar-refractivity contribution in [3.8, 4) is 5.69 Å². The zero-order valence-corrected chi connectivity index (χ0v) is 14.3. The molecule has 25 heavy (non-hydrogen) atoms. The number of carbonyl (C=O) groups is 1. The molecule has 4 rings (SSSR count). The van der Waals surface area contributed by atoms with Crippen molar-refractivity contribution in [3.63, 3.8) is 0 Å².